The summed E-state index contributed by atoms with van der Waals surface area (Å²) in [6.45, 7) is 7.23. The standard InChI is InChI=1S/C23H41N3O2/c1-4-7-13-20(6-3)23(28)17-11-12-18-26-19-21(24-25-26)14-9-10-16-22(27)15-8-5-2/h19-20H,4-18H2,1-3H3. The van der Waals surface area contributed by atoms with Crippen molar-refractivity contribution in [1.82, 2.24) is 15.0 Å². The molecule has 1 atom stereocenters. The van der Waals surface area contributed by atoms with E-state index in [0.717, 1.165) is 89.3 Å². The Morgan fingerprint density at radius 2 is 1.64 bits per heavy atom. The molecule has 5 heteroatoms. The van der Waals surface area contributed by atoms with Crippen molar-refractivity contribution in [3.63, 3.8) is 0 Å². The summed E-state index contributed by atoms with van der Waals surface area (Å²) < 4.78 is 1.89. The minimum atomic E-state index is 0.256. The summed E-state index contributed by atoms with van der Waals surface area (Å²) in [6.07, 6.45) is 15.2. The Balaban J connectivity index is 2.16. The quantitative estimate of drug-likeness (QED) is 0.301. The van der Waals surface area contributed by atoms with Gasteiger partial charge in [0.2, 0.25) is 0 Å². The smallest absolute Gasteiger partial charge is 0.135 e. The highest BCUT2D eigenvalue weighted by molar-refractivity contribution is 5.80. The number of aryl methyl sites for hydroxylation is 2. The van der Waals surface area contributed by atoms with Crippen LogP contribution >= 0.6 is 0 Å². The van der Waals surface area contributed by atoms with E-state index in [1.54, 1.807) is 0 Å². The zero-order chi connectivity index (χ0) is 20.6. The Kier molecular flexibility index (Phi) is 13.5. The van der Waals surface area contributed by atoms with Crippen molar-refractivity contribution in [1.29, 1.82) is 0 Å². The number of aromatic nitrogens is 3. The van der Waals surface area contributed by atoms with Crippen LogP contribution < -0.4 is 0 Å². The first-order valence-corrected chi connectivity index (χ1v) is 11.5. The highest BCUT2D eigenvalue weighted by Gasteiger charge is 2.15. The van der Waals surface area contributed by atoms with Gasteiger partial charge in [0.15, 0.2) is 0 Å². The summed E-state index contributed by atoms with van der Waals surface area (Å²) >= 11 is 0. The monoisotopic (exact) mass is 391 g/mol. The minimum Gasteiger partial charge on any atom is -0.300 e. The number of rotatable bonds is 18. The number of unbranched alkanes of at least 4 members (excludes halogenated alkanes) is 4. The normalized spacial score (nSPS) is 12.2. The number of ketones is 2. The molecule has 0 bridgehead atoms. The van der Waals surface area contributed by atoms with Gasteiger partial charge in [-0.15, -0.1) is 5.10 Å². The lowest BCUT2D eigenvalue weighted by Gasteiger charge is -2.12. The number of hydrogen-bond donors (Lipinski definition) is 0. The van der Waals surface area contributed by atoms with Gasteiger partial charge in [-0.05, 0) is 51.4 Å². The van der Waals surface area contributed by atoms with E-state index in [1.807, 2.05) is 10.9 Å². The second-order valence-electron chi connectivity index (χ2n) is 7.99. The maximum absolute atomic E-state index is 12.3. The molecule has 0 saturated carbocycles. The van der Waals surface area contributed by atoms with Crippen LogP contribution in [0.25, 0.3) is 0 Å². The van der Waals surface area contributed by atoms with Crippen molar-refractivity contribution in [3.8, 4) is 0 Å². The molecule has 0 radical (unpaired) electrons. The SMILES string of the molecule is CCCCC(=O)CCCCc1cn(CCCCC(=O)C(CC)CCCC)nn1. The molecule has 1 heterocycles. The van der Waals surface area contributed by atoms with Gasteiger partial charge in [0.05, 0.1) is 5.69 Å². The second kappa shape index (κ2) is 15.4. The first-order valence-electron chi connectivity index (χ1n) is 11.5. The Morgan fingerprint density at radius 1 is 0.929 bits per heavy atom. The van der Waals surface area contributed by atoms with Crippen molar-refractivity contribution in [2.45, 2.75) is 117 Å². The Morgan fingerprint density at radius 3 is 2.36 bits per heavy atom. The summed E-state index contributed by atoms with van der Waals surface area (Å²) in [6, 6.07) is 0. The van der Waals surface area contributed by atoms with Crippen LogP contribution in [0.3, 0.4) is 0 Å². The van der Waals surface area contributed by atoms with Crippen molar-refractivity contribution in [2.24, 2.45) is 5.92 Å². The number of Topliss-reactive ketones (excluding diaryl/α,β-unsaturated/α-hetero) is 2. The third kappa shape index (κ3) is 10.7. The maximum Gasteiger partial charge on any atom is 0.135 e. The molecular formula is C23H41N3O2. The zero-order valence-corrected chi connectivity index (χ0v) is 18.4. The van der Waals surface area contributed by atoms with Gasteiger partial charge in [-0.25, -0.2) is 0 Å². The third-order valence-corrected chi connectivity index (χ3v) is 5.45. The summed E-state index contributed by atoms with van der Waals surface area (Å²) in [5.41, 5.74) is 1.00. The van der Waals surface area contributed by atoms with Crippen LogP contribution in [0, 0.1) is 5.92 Å². The molecule has 5 nitrogen and oxygen atoms in total. The molecule has 1 unspecified atom stereocenters. The highest BCUT2D eigenvalue weighted by atomic mass is 16.1. The fourth-order valence-corrected chi connectivity index (χ4v) is 3.51. The lowest BCUT2D eigenvalue weighted by molar-refractivity contribution is -0.123. The molecule has 0 spiro atoms. The molecule has 1 aromatic heterocycles. The predicted molar refractivity (Wildman–Crippen MR) is 114 cm³/mol. The van der Waals surface area contributed by atoms with Gasteiger partial charge in [0.1, 0.15) is 11.6 Å². The molecule has 0 aromatic carbocycles. The van der Waals surface area contributed by atoms with Gasteiger partial charge in [-0.3, -0.25) is 14.3 Å². The van der Waals surface area contributed by atoms with Crippen molar-refractivity contribution in [3.05, 3.63) is 11.9 Å². The molecule has 0 N–H and O–H groups in total. The van der Waals surface area contributed by atoms with E-state index in [4.69, 9.17) is 0 Å². The molecular weight excluding hydrogens is 350 g/mol. The van der Waals surface area contributed by atoms with Crippen molar-refractivity contribution >= 4 is 11.6 Å². The first-order chi connectivity index (χ1) is 13.6. The van der Waals surface area contributed by atoms with Gasteiger partial charge in [0, 0.05) is 37.9 Å². The van der Waals surface area contributed by atoms with Crippen molar-refractivity contribution in [2.75, 3.05) is 0 Å². The average molecular weight is 392 g/mol. The Hall–Kier alpha value is -1.52. The summed E-state index contributed by atoms with van der Waals surface area (Å²) in [5.74, 6) is 1.08. The molecule has 1 rings (SSSR count). The molecule has 0 aliphatic rings. The van der Waals surface area contributed by atoms with Crippen LogP contribution in [0.4, 0.5) is 0 Å². The van der Waals surface area contributed by atoms with Crippen molar-refractivity contribution < 1.29 is 9.59 Å². The van der Waals surface area contributed by atoms with E-state index < -0.39 is 0 Å². The van der Waals surface area contributed by atoms with Crippen LogP contribution in [-0.2, 0) is 22.6 Å². The van der Waals surface area contributed by atoms with E-state index in [1.165, 1.54) is 0 Å². The molecule has 0 fully saturated rings. The molecule has 0 aliphatic heterocycles. The fourth-order valence-electron chi connectivity index (χ4n) is 3.51. The topological polar surface area (TPSA) is 64.8 Å². The Bertz CT molecular complexity index is 554. The summed E-state index contributed by atoms with van der Waals surface area (Å²) in [5, 5.41) is 8.43. The van der Waals surface area contributed by atoms with Crippen LogP contribution in [-0.4, -0.2) is 26.6 Å². The van der Waals surface area contributed by atoms with E-state index in [-0.39, 0.29) is 5.92 Å². The molecule has 0 amide bonds. The van der Waals surface area contributed by atoms with E-state index in [9.17, 15) is 9.59 Å². The summed E-state index contributed by atoms with van der Waals surface area (Å²) in [4.78, 5) is 24.0. The van der Waals surface area contributed by atoms with Gasteiger partial charge in [-0.1, -0.05) is 45.2 Å². The first kappa shape index (κ1) is 24.5. The van der Waals surface area contributed by atoms with E-state index in [2.05, 4.69) is 31.1 Å². The molecule has 1 aromatic rings. The Labute approximate surface area is 171 Å². The second-order valence-corrected chi connectivity index (χ2v) is 7.99. The molecule has 0 saturated heterocycles. The third-order valence-electron chi connectivity index (χ3n) is 5.45. The van der Waals surface area contributed by atoms with Gasteiger partial charge >= 0.3 is 0 Å². The minimum absolute atomic E-state index is 0.256. The number of carbonyl (C=O) groups is 2. The molecule has 160 valence electrons. The van der Waals surface area contributed by atoms with E-state index in [0.29, 0.717) is 24.4 Å². The number of nitrogens with zero attached hydrogens (tertiary/aromatic N) is 3. The van der Waals surface area contributed by atoms with Crippen LogP contribution in [0.2, 0.25) is 0 Å². The fraction of sp³-hybridized carbons (Fsp3) is 0.826. The summed E-state index contributed by atoms with van der Waals surface area (Å²) in [7, 11) is 0. The molecule has 0 aliphatic carbocycles. The average Bonchev–Trinajstić information content (AvgIpc) is 3.15. The lowest BCUT2D eigenvalue weighted by Crippen LogP contribution is -2.13. The highest BCUT2D eigenvalue weighted by Crippen LogP contribution is 2.17. The molecule has 28 heavy (non-hydrogen) atoms. The number of carbonyl (C=O) groups excluding carboxylic acids is 2. The maximum atomic E-state index is 12.3. The number of hydrogen-bond acceptors (Lipinski definition) is 4. The van der Waals surface area contributed by atoms with E-state index >= 15 is 0 Å². The van der Waals surface area contributed by atoms with Crippen LogP contribution in [0.1, 0.15) is 110 Å². The largest absolute Gasteiger partial charge is 0.300 e. The predicted octanol–water partition coefficient (Wildman–Crippen LogP) is 5.71. The zero-order valence-electron chi connectivity index (χ0n) is 18.4. The lowest BCUT2D eigenvalue weighted by atomic mass is 9.92. The van der Waals surface area contributed by atoms with Gasteiger partial charge in [0.25, 0.3) is 0 Å². The van der Waals surface area contributed by atoms with Crippen LogP contribution in [0.15, 0.2) is 6.20 Å². The van der Waals surface area contributed by atoms with Gasteiger partial charge < -0.3 is 0 Å². The van der Waals surface area contributed by atoms with Crippen LogP contribution in [0.5, 0.6) is 0 Å². The van der Waals surface area contributed by atoms with Gasteiger partial charge in [-0.2, -0.15) is 0 Å².